The van der Waals surface area contributed by atoms with Crippen LogP contribution in [0.4, 0.5) is 5.82 Å². The molecule has 2 heterocycles. The average Bonchev–Trinajstić information content (AvgIpc) is 2.61. The van der Waals surface area contributed by atoms with Crippen LogP contribution < -0.4 is 11.0 Å². The van der Waals surface area contributed by atoms with Crippen molar-refractivity contribution in [3.05, 3.63) is 58.6 Å². The fraction of sp³-hybridized carbons (Fsp3) is 0.312. The highest BCUT2D eigenvalue weighted by atomic mass is 16.5. The minimum Gasteiger partial charge on any atom is -0.388 e. The predicted molar refractivity (Wildman–Crippen MR) is 85.9 cm³/mol. The van der Waals surface area contributed by atoms with Gasteiger partial charge in [-0.25, -0.2) is 4.79 Å². The van der Waals surface area contributed by atoms with Gasteiger partial charge in [-0.1, -0.05) is 18.2 Å². The van der Waals surface area contributed by atoms with Gasteiger partial charge in [0.15, 0.2) is 6.23 Å². The van der Waals surface area contributed by atoms with E-state index >= 15 is 0 Å². The number of aliphatic hydroxyl groups is 3. The van der Waals surface area contributed by atoms with E-state index in [4.69, 9.17) is 4.74 Å². The van der Waals surface area contributed by atoms with Gasteiger partial charge < -0.3 is 25.4 Å². The first-order valence-corrected chi connectivity index (χ1v) is 7.59. The zero-order valence-corrected chi connectivity index (χ0v) is 13.0. The second kappa shape index (κ2) is 7.11. The highest BCUT2D eigenvalue weighted by Crippen LogP contribution is 2.22. The normalized spacial score (nSPS) is 26.2. The van der Waals surface area contributed by atoms with E-state index in [0.29, 0.717) is 5.56 Å². The summed E-state index contributed by atoms with van der Waals surface area (Å²) in [4.78, 5) is 27.9. The molecule has 0 aliphatic carbocycles. The van der Waals surface area contributed by atoms with Crippen LogP contribution in [0.25, 0.3) is 0 Å². The molecule has 132 valence electrons. The lowest BCUT2D eigenvalue weighted by Crippen LogP contribution is -2.52. The number of benzene rings is 1. The van der Waals surface area contributed by atoms with Gasteiger partial charge in [0, 0.05) is 11.8 Å². The molecule has 1 aliphatic rings. The van der Waals surface area contributed by atoms with Gasteiger partial charge in [0.25, 0.3) is 5.91 Å². The summed E-state index contributed by atoms with van der Waals surface area (Å²) >= 11 is 0. The third-order valence-corrected chi connectivity index (χ3v) is 3.86. The fourth-order valence-electron chi connectivity index (χ4n) is 2.49. The molecule has 4 N–H and O–H groups in total. The number of carbonyl (C=O) groups is 1. The van der Waals surface area contributed by atoms with E-state index in [1.807, 2.05) is 0 Å². The summed E-state index contributed by atoms with van der Waals surface area (Å²) in [5, 5.41) is 31.6. The van der Waals surface area contributed by atoms with Crippen LogP contribution in [0.2, 0.25) is 0 Å². The van der Waals surface area contributed by atoms with Crippen molar-refractivity contribution < 1.29 is 24.9 Å². The molecule has 1 fully saturated rings. The van der Waals surface area contributed by atoms with Gasteiger partial charge in [0.1, 0.15) is 24.1 Å². The quantitative estimate of drug-likeness (QED) is 0.566. The number of nitrogens with zero attached hydrogens (tertiary/aromatic N) is 2. The highest BCUT2D eigenvalue weighted by molar-refractivity contribution is 6.03. The molecule has 1 aromatic heterocycles. The summed E-state index contributed by atoms with van der Waals surface area (Å²) in [6, 6.07) is 9.81. The molecule has 0 radical (unpaired) electrons. The van der Waals surface area contributed by atoms with Crippen LogP contribution in [0.15, 0.2) is 47.4 Å². The molecule has 2 aromatic rings. The monoisotopic (exact) mass is 347 g/mol. The Hall–Kier alpha value is -2.59. The number of ether oxygens (including phenoxy) is 1. The van der Waals surface area contributed by atoms with Gasteiger partial charge in [-0.3, -0.25) is 9.36 Å². The van der Waals surface area contributed by atoms with Gasteiger partial charge in [-0.2, -0.15) is 4.98 Å². The molecule has 25 heavy (non-hydrogen) atoms. The molecular formula is C16H17N3O6. The van der Waals surface area contributed by atoms with Crippen LogP contribution in [-0.4, -0.2) is 55.7 Å². The third kappa shape index (κ3) is 3.59. The number of amides is 1. The summed E-state index contributed by atoms with van der Waals surface area (Å²) in [6.45, 7) is -0.234. The zero-order chi connectivity index (χ0) is 18.0. The van der Waals surface area contributed by atoms with Crippen LogP contribution in [0.3, 0.4) is 0 Å². The summed E-state index contributed by atoms with van der Waals surface area (Å²) < 4.78 is 6.19. The lowest BCUT2D eigenvalue weighted by atomic mass is 10.0. The van der Waals surface area contributed by atoms with Crippen molar-refractivity contribution in [2.75, 3.05) is 11.9 Å². The molecule has 0 bridgehead atoms. The summed E-state index contributed by atoms with van der Waals surface area (Å²) in [7, 11) is 0. The molecule has 1 amide bonds. The maximum absolute atomic E-state index is 12.2. The van der Waals surface area contributed by atoms with E-state index in [1.165, 1.54) is 12.3 Å². The van der Waals surface area contributed by atoms with E-state index in [1.54, 1.807) is 30.3 Å². The Morgan fingerprint density at radius 1 is 1.16 bits per heavy atom. The lowest BCUT2D eigenvalue weighted by molar-refractivity contribution is -0.212. The minimum absolute atomic E-state index is 0.0426. The van der Waals surface area contributed by atoms with E-state index < -0.39 is 36.1 Å². The van der Waals surface area contributed by atoms with E-state index in [-0.39, 0.29) is 12.4 Å². The predicted octanol–water partition coefficient (Wildman–Crippen LogP) is -0.893. The Balaban J connectivity index is 1.77. The van der Waals surface area contributed by atoms with Crippen molar-refractivity contribution in [3.8, 4) is 0 Å². The average molecular weight is 347 g/mol. The Morgan fingerprint density at radius 2 is 1.88 bits per heavy atom. The van der Waals surface area contributed by atoms with Crippen LogP contribution >= 0.6 is 0 Å². The number of aromatic nitrogens is 2. The van der Waals surface area contributed by atoms with Crippen molar-refractivity contribution in [1.82, 2.24) is 9.55 Å². The molecule has 4 atom stereocenters. The Bertz CT molecular complexity index is 809. The molecule has 0 unspecified atom stereocenters. The van der Waals surface area contributed by atoms with Gasteiger partial charge in [0.05, 0.1) is 6.61 Å². The standard InChI is InChI=1S/C16H17N3O6/c20-10-8-25-15(13(22)12(10)21)19-7-6-11(18-16(19)24)17-14(23)9-4-2-1-3-5-9/h1-7,10,12-13,15,20-22H,8H2,(H,17,18,23,24)/t10-,12-,13-,15-/m1/s1. The van der Waals surface area contributed by atoms with Crippen molar-refractivity contribution in [2.24, 2.45) is 0 Å². The Kier molecular flexibility index (Phi) is 4.91. The van der Waals surface area contributed by atoms with Crippen molar-refractivity contribution in [2.45, 2.75) is 24.5 Å². The first-order chi connectivity index (χ1) is 12.0. The number of rotatable bonds is 3. The first-order valence-electron chi connectivity index (χ1n) is 7.59. The van der Waals surface area contributed by atoms with Gasteiger partial charge in [-0.15, -0.1) is 0 Å². The topological polar surface area (TPSA) is 134 Å². The van der Waals surface area contributed by atoms with Gasteiger partial charge in [-0.05, 0) is 18.2 Å². The number of hydrogen-bond acceptors (Lipinski definition) is 7. The first kappa shape index (κ1) is 17.2. The molecule has 0 spiro atoms. The molecule has 0 saturated carbocycles. The second-order valence-electron chi connectivity index (χ2n) is 5.60. The smallest absolute Gasteiger partial charge is 0.351 e. The summed E-state index contributed by atoms with van der Waals surface area (Å²) in [6.07, 6.45) is -4.07. The zero-order valence-electron chi connectivity index (χ0n) is 13.0. The molecule has 3 rings (SSSR count). The van der Waals surface area contributed by atoms with Crippen LogP contribution in [0.1, 0.15) is 16.6 Å². The van der Waals surface area contributed by atoms with Gasteiger partial charge in [0.2, 0.25) is 0 Å². The van der Waals surface area contributed by atoms with Crippen LogP contribution in [0, 0.1) is 0 Å². The lowest BCUT2D eigenvalue weighted by Gasteiger charge is -2.35. The van der Waals surface area contributed by atoms with E-state index in [9.17, 15) is 24.9 Å². The molecule has 1 aromatic carbocycles. The number of aliphatic hydroxyl groups excluding tert-OH is 3. The molecular weight excluding hydrogens is 330 g/mol. The molecule has 9 heteroatoms. The van der Waals surface area contributed by atoms with E-state index in [2.05, 4.69) is 10.3 Å². The molecule has 1 aliphatic heterocycles. The third-order valence-electron chi connectivity index (χ3n) is 3.86. The maximum atomic E-state index is 12.2. The highest BCUT2D eigenvalue weighted by Gasteiger charge is 2.39. The van der Waals surface area contributed by atoms with Gasteiger partial charge >= 0.3 is 5.69 Å². The summed E-state index contributed by atoms with van der Waals surface area (Å²) in [5.41, 5.74) is -0.366. The Labute approximate surface area is 142 Å². The number of carbonyl (C=O) groups excluding carboxylic acids is 1. The second-order valence-corrected chi connectivity index (χ2v) is 5.60. The minimum atomic E-state index is -1.49. The van der Waals surface area contributed by atoms with Crippen molar-refractivity contribution in [1.29, 1.82) is 0 Å². The number of hydrogen-bond donors (Lipinski definition) is 4. The maximum Gasteiger partial charge on any atom is 0.351 e. The number of nitrogens with one attached hydrogen (secondary N) is 1. The SMILES string of the molecule is O=C(Nc1ccn([C@@H]2OC[C@@H](O)[C@@H](O)[C@H]2O)c(=O)n1)c1ccccc1. The number of anilines is 1. The van der Waals surface area contributed by atoms with Crippen molar-refractivity contribution >= 4 is 11.7 Å². The largest absolute Gasteiger partial charge is 0.388 e. The molecule has 9 nitrogen and oxygen atoms in total. The molecule has 1 saturated heterocycles. The van der Waals surface area contributed by atoms with Crippen LogP contribution in [0.5, 0.6) is 0 Å². The van der Waals surface area contributed by atoms with Crippen LogP contribution in [-0.2, 0) is 4.74 Å². The van der Waals surface area contributed by atoms with E-state index in [0.717, 1.165) is 4.57 Å². The fourth-order valence-corrected chi connectivity index (χ4v) is 2.49. The Morgan fingerprint density at radius 3 is 2.56 bits per heavy atom. The van der Waals surface area contributed by atoms with Crippen molar-refractivity contribution in [3.63, 3.8) is 0 Å². The summed E-state index contributed by atoms with van der Waals surface area (Å²) in [5.74, 6) is -0.376.